The van der Waals surface area contributed by atoms with E-state index in [1.807, 2.05) is 0 Å². The summed E-state index contributed by atoms with van der Waals surface area (Å²) in [5.74, 6) is -0.831. The predicted molar refractivity (Wildman–Crippen MR) is 114 cm³/mol. The zero-order chi connectivity index (χ0) is 23.9. The van der Waals surface area contributed by atoms with Crippen LogP contribution in [0.15, 0.2) is 24.3 Å². The minimum Gasteiger partial charge on any atom is -0.430 e. The lowest BCUT2D eigenvalue weighted by Crippen LogP contribution is -2.47. The maximum Gasteiger partial charge on any atom is 0.514 e. The molecule has 184 valence electrons. The third kappa shape index (κ3) is 4.47. The highest BCUT2D eigenvalue weighted by Crippen LogP contribution is 2.61. The van der Waals surface area contributed by atoms with Crippen molar-refractivity contribution in [2.75, 3.05) is 6.54 Å². The van der Waals surface area contributed by atoms with Crippen LogP contribution in [0.1, 0.15) is 51.9 Å². The summed E-state index contributed by atoms with van der Waals surface area (Å²) in [6.45, 7) is 2.11. The lowest BCUT2D eigenvalue weighted by atomic mass is 9.83. The standard InChI is InChI=1S/C23H28N2O9/c1-14(26)24-13-16-9-15-10-20(16)23(11-15)32-22(33-34-23)8-2-3-19(12-22)31-21(27)30-18-6-4-17(5-7-18)25(28)29/h4-7,15-16,19-20H,2-3,8-13H2,1H3,(H,24,26)/t15-,16+,19+,20-,22+,23+/m1/s1. The van der Waals surface area contributed by atoms with Crippen LogP contribution in [0.4, 0.5) is 10.5 Å². The number of benzene rings is 1. The Balaban J connectivity index is 1.18. The number of nitro benzene ring substituents is 1. The van der Waals surface area contributed by atoms with Gasteiger partial charge in [-0.1, -0.05) is 0 Å². The van der Waals surface area contributed by atoms with Crippen molar-refractivity contribution < 1.29 is 38.5 Å². The molecule has 3 aliphatic carbocycles. The molecule has 4 aliphatic rings. The van der Waals surface area contributed by atoms with Gasteiger partial charge in [0, 0.05) is 50.8 Å². The lowest BCUT2D eigenvalue weighted by Gasteiger charge is -2.38. The van der Waals surface area contributed by atoms with Gasteiger partial charge >= 0.3 is 6.16 Å². The van der Waals surface area contributed by atoms with Crippen molar-refractivity contribution in [1.82, 2.24) is 5.32 Å². The molecular weight excluding hydrogens is 448 g/mol. The van der Waals surface area contributed by atoms with Crippen LogP contribution in [-0.2, 0) is 24.0 Å². The second kappa shape index (κ2) is 8.79. The number of nitrogens with zero attached hydrogens (tertiary/aromatic N) is 1. The van der Waals surface area contributed by atoms with Gasteiger partial charge in [0.05, 0.1) is 4.92 Å². The highest BCUT2D eigenvalue weighted by Gasteiger charge is 2.66. The van der Waals surface area contributed by atoms with Crippen LogP contribution in [0, 0.1) is 27.9 Å². The van der Waals surface area contributed by atoms with Gasteiger partial charge in [-0.05, 0) is 49.7 Å². The van der Waals surface area contributed by atoms with Crippen molar-refractivity contribution in [2.24, 2.45) is 17.8 Å². The minimum atomic E-state index is -0.987. The average molecular weight is 476 g/mol. The number of hydrogen-bond donors (Lipinski definition) is 1. The lowest BCUT2D eigenvalue weighted by molar-refractivity contribution is -0.384. The number of hydrogen-bond acceptors (Lipinski definition) is 9. The Bertz CT molecular complexity index is 970. The first kappa shape index (κ1) is 23.0. The Labute approximate surface area is 196 Å². The molecule has 11 heteroatoms. The fraction of sp³-hybridized carbons (Fsp3) is 0.652. The van der Waals surface area contributed by atoms with E-state index in [4.69, 9.17) is 24.0 Å². The van der Waals surface area contributed by atoms with Gasteiger partial charge in [0.25, 0.3) is 5.69 Å². The van der Waals surface area contributed by atoms with Gasteiger partial charge in [-0.3, -0.25) is 14.9 Å². The van der Waals surface area contributed by atoms with Gasteiger partial charge in [0.15, 0.2) is 0 Å². The molecule has 1 aliphatic heterocycles. The molecule has 1 N–H and O–H groups in total. The second-order valence-corrected chi connectivity index (χ2v) is 9.78. The number of carbonyl (C=O) groups excluding carboxylic acids is 2. The molecule has 4 fully saturated rings. The number of fused-ring (bicyclic) bond motifs is 3. The van der Waals surface area contributed by atoms with E-state index in [-0.39, 0.29) is 29.2 Å². The molecule has 5 rings (SSSR count). The summed E-state index contributed by atoms with van der Waals surface area (Å²) in [6.07, 6.45) is 3.69. The average Bonchev–Trinajstić information content (AvgIpc) is 3.45. The molecular formula is C23H28N2O9. The van der Waals surface area contributed by atoms with Gasteiger partial charge in [0.2, 0.25) is 17.5 Å². The smallest absolute Gasteiger partial charge is 0.430 e. The molecule has 2 bridgehead atoms. The van der Waals surface area contributed by atoms with E-state index < -0.39 is 28.8 Å². The van der Waals surface area contributed by atoms with Crippen LogP contribution < -0.4 is 10.1 Å². The van der Waals surface area contributed by atoms with Crippen molar-refractivity contribution in [3.63, 3.8) is 0 Å². The topological polar surface area (TPSA) is 135 Å². The third-order valence-corrected chi connectivity index (χ3v) is 7.37. The molecule has 1 heterocycles. The Hall–Kier alpha value is -2.76. The van der Waals surface area contributed by atoms with E-state index in [1.54, 1.807) is 0 Å². The summed E-state index contributed by atoms with van der Waals surface area (Å²) < 4.78 is 17.2. The maximum atomic E-state index is 12.3. The molecule has 3 saturated carbocycles. The fourth-order valence-electron chi connectivity index (χ4n) is 6.02. The van der Waals surface area contributed by atoms with Crippen molar-refractivity contribution in [3.8, 4) is 5.75 Å². The highest BCUT2D eigenvalue weighted by atomic mass is 17.3. The SMILES string of the molecule is CC(=O)NC[C@@H]1C[C@@H]2C[C@H]1[C@]1(C2)OO[C@]2(CCC[C@H](OC(=O)Oc3ccc([N+](=O)[O-])cc3)C2)O1. The van der Waals surface area contributed by atoms with Crippen LogP contribution in [0.5, 0.6) is 5.75 Å². The Morgan fingerprint density at radius 2 is 2.00 bits per heavy atom. The Morgan fingerprint density at radius 3 is 2.71 bits per heavy atom. The summed E-state index contributed by atoms with van der Waals surface area (Å²) in [6, 6.07) is 5.19. The minimum absolute atomic E-state index is 0.0503. The molecule has 0 unspecified atom stereocenters. The van der Waals surface area contributed by atoms with E-state index >= 15 is 0 Å². The van der Waals surface area contributed by atoms with Crippen LogP contribution in [-0.4, -0.2) is 41.2 Å². The van der Waals surface area contributed by atoms with Gasteiger partial charge in [-0.2, -0.15) is 9.78 Å². The van der Waals surface area contributed by atoms with E-state index in [0.29, 0.717) is 31.7 Å². The zero-order valence-electron chi connectivity index (χ0n) is 18.9. The summed E-state index contributed by atoms with van der Waals surface area (Å²) in [4.78, 5) is 45.6. The van der Waals surface area contributed by atoms with Gasteiger partial charge in [0.1, 0.15) is 11.9 Å². The van der Waals surface area contributed by atoms with E-state index in [9.17, 15) is 19.7 Å². The van der Waals surface area contributed by atoms with Crippen LogP contribution in [0.2, 0.25) is 0 Å². The predicted octanol–water partition coefficient (Wildman–Crippen LogP) is 3.61. The fourth-order valence-corrected chi connectivity index (χ4v) is 6.02. The van der Waals surface area contributed by atoms with E-state index in [1.165, 1.54) is 31.2 Å². The van der Waals surface area contributed by atoms with Gasteiger partial charge in [-0.15, -0.1) is 0 Å². The second-order valence-electron chi connectivity index (χ2n) is 9.78. The molecule has 11 nitrogen and oxygen atoms in total. The van der Waals surface area contributed by atoms with Crippen LogP contribution in [0.3, 0.4) is 0 Å². The van der Waals surface area contributed by atoms with Gasteiger partial charge in [-0.25, -0.2) is 4.79 Å². The molecule has 0 radical (unpaired) electrons. The molecule has 1 aromatic carbocycles. The summed E-state index contributed by atoms with van der Waals surface area (Å²) >= 11 is 0. The molecule has 1 amide bonds. The molecule has 1 saturated heterocycles. The largest absolute Gasteiger partial charge is 0.514 e. The molecule has 6 atom stereocenters. The number of nitro groups is 1. The number of non-ortho nitro benzene ring substituents is 1. The first-order chi connectivity index (χ1) is 16.3. The summed E-state index contributed by atoms with van der Waals surface area (Å²) in [5, 5.41) is 13.7. The van der Waals surface area contributed by atoms with Crippen LogP contribution >= 0.6 is 0 Å². The molecule has 1 aromatic rings. The molecule has 0 aromatic heterocycles. The highest BCUT2D eigenvalue weighted by molar-refractivity contribution is 5.72. The van der Waals surface area contributed by atoms with Crippen molar-refractivity contribution in [2.45, 2.75) is 69.5 Å². The van der Waals surface area contributed by atoms with Gasteiger partial charge < -0.3 is 19.5 Å². The van der Waals surface area contributed by atoms with E-state index in [2.05, 4.69) is 5.32 Å². The zero-order valence-corrected chi connectivity index (χ0v) is 18.9. The monoisotopic (exact) mass is 476 g/mol. The third-order valence-electron chi connectivity index (χ3n) is 7.37. The number of amides is 1. The normalized spacial score (nSPS) is 36.0. The van der Waals surface area contributed by atoms with Crippen molar-refractivity contribution in [1.29, 1.82) is 0 Å². The van der Waals surface area contributed by atoms with Crippen molar-refractivity contribution >= 4 is 17.7 Å². The van der Waals surface area contributed by atoms with Crippen molar-refractivity contribution in [3.05, 3.63) is 34.4 Å². The summed E-state index contributed by atoms with van der Waals surface area (Å²) in [5.41, 5.74) is -0.0978. The summed E-state index contributed by atoms with van der Waals surface area (Å²) in [7, 11) is 0. The Kier molecular flexibility index (Phi) is 5.95. The number of ether oxygens (including phenoxy) is 3. The first-order valence-corrected chi connectivity index (χ1v) is 11.7. The van der Waals surface area contributed by atoms with E-state index in [0.717, 1.165) is 25.7 Å². The molecule has 2 spiro atoms. The number of rotatable bonds is 5. The molecule has 34 heavy (non-hydrogen) atoms. The first-order valence-electron chi connectivity index (χ1n) is 11.7. The number of carbonyl (C=O) groups is 2. The quantitative estimate of drug-likeness (QED) is 0.222. The van der Waals surface area contributed by atoms with Crippen LogP contribution in [0.25, 0.3) is 0 Å². The Morgan fingerprint density at radius 1 is 1.21 bits per heavy atom. The maximum absolute atomic E-state index is 12.3. The number of nitrogens with one attached hydrogen (secondary N) is 1.